The highest BCUT2D eigenvalue weighted by Gasteiger charge is 2.23. The maximum Gasteiger partial charge on any atom is 0.328 e. The molecule has 2 rings (SSSR count). The summed E-state index contributed by atoms with van der Waals surface area (Å²) >= 11 is 0. The Hall–Kier alpha value is -3.22. The second-order valence-corrected chi connectivity index (χ2v) is 6.26. The van der Waals surface area contributed by atoms with E-state index in [-0.39, 0.29) is 31.0 Å². The summed E-state index contributed by atoms with van der Waals surface area (Å²) in [4.78, 5) is 35.1. The molecule has 0 aliphatic rings. The van der Waals surface area contributed by atoms with Gasteiger partial charge in [0.1, 0.15) is 30.0 Å². The van der Waals surface area contributed by atoms with Crippen LogP contribution < -0.4 is 10.1 Å². The molecule has 0 unspecified atom stereocenters. The summed E-state index contributed by atoms with van der Waals surface area (Å²) in [6.45, 7) is 1.50. The number of halogens is 1. The van der Waals surface area contributed by atoms with Crippen LogP contribution in [0.1, 0.15) is 24.5 Å². The normalized spacial score (nSPS) is 11.4. The number of esters is 1. The van der Waals surface area contributed by atoms with E-state index in [0.29, 0.717) is 11.3 Å². The van der Waals surface area contributed by atoms with Gasteiger partial charge in [0, 0.05) is 19.8 Å². The minimum atomic E-state index is -0.996. The number of hydrogen-bond donors (Lipinski definition) is 1. The molecule has 0 saturated heterocycles. The van der Waals surface area contributed by atoms with Crippen molar-refractivity contribution in [3.05, 3.63) is 65.5 Å². The van der Waals surface area contributed by atoms with Crippen molar-refractivity contribution in [1.82, 2.24) is 5.32 Å². The van der Waals surface area contributed by atoms with Crippen LogP contribution in [0.5, 0.6) is 5.75 Å². The molecule has 6 nitrogen and oxygen atoms in total. The van der Waals surface area contributed by atoms with Crippen LogP contribution in [0.4, 0.5) is 4.39 Å². The lowest BCUT2D eigenvalue weighted by Gasteiger charge is -2.14. The number of carbonyl (C=O) groups excluding carboxylic acids is 3. The number of amides is 1. The standard InChI is InChI=1S/C21H22FNO5/c1-14(24)23-20(21(26)27-2)12-18(25)11-15-6-8-19(9-7-15)28-13-16-4-3-5-17(22)10-16/h3-10,20H,11-13H2,1-2H3,(H,23,24)/t20-/m0/s1. The number of nitrogens with one attached hydrogen (secondary N) is 1. The van der Waals surface area contributed by atoms with Gasteiger partial charge in [0.05, 0.1) is 7.11 Å². The maximum absolute atomic E-state index is 13.2. The highest BCUT2D eigenvalue weighted by atomic mass is 19.1. The van der Waals surface area contributed by atoms with E-state index in [0.717, 1.165) is 5.56 Å². The van der Waals surface area contributed by atoms with Crippen LogP contribution >= 0.6 is 0 Å². The first-order chi connectivity index (χ1) is 13.4. The molecule has 0 aliphatic heterocycles. The maximum atomic E-state index is 13.2. The van der Waals surface area contributed by atoms with Gasteiger partial charge in [-0.25, -0.2) is 9.18 Å². The van der Waals surface area contributed by atoms with Crippen molar-refractivity contribution in [3.63, 3.8) is 0 Å². The fourth-order valence-corrected chi connectivity index (χ4v) is 2.61. The first kappa shape index (κ1) is 21.1. The van der Waals surface area contributed by atoms with E-state index < -0.39 is 17.9 Å². The van der Waals surface area contributed by atoms with Gasteiger partial charge in [-0.15, -0.1) is 0 Å². The molecule has 0 bridgehead atoms. The number of benzene rings is 2. The number of rotatable bonds is 9. The predicted molar refractivity (Wildman–Crippen MR) is 100 cm³/mol. The number of carbonyl (C=O) groups is 3. The number of methoxy groups -OCH3 is 1. The lowest BCUT2D eigenvalue weighted by Crippen LogP contribution is -2.42. The topological polar surface area (TPSA) is 81.7 Å². The average Bonchev–Trinajstić information content (AvgIpc) is 2.66. The number of Topliss-reactive ketones (excluding diaryl/α,β-unsaturated/α-hetero) is 1. The van der Waals surface area contributed by atoms with Gasteiger partial charge < -0.3 is 14.8 Å². The average molecular weight is 387 g/mol. The zero-order chi connectivity index (χ0) is 20.5. The van der Waals surface area contributed by atoms with Crippen LogP contribution in [-0.2, 0) is 32.1 Å². The van der Waals surface area contributed by atoms with Gasteiger partial charge in [-0.3, -0.25) is 9.59 Å². The minimum absolute atomic E-state index is 0.108. The molecule has 7 heteroatoms. The Bertz CT molecular complexity index is 835. The molecule has 0 spiro atoms. The Morgan fingerprint density at radius 2 is 1.79 bits per heavy atom. The summed E-state index contributed by atoms with van der Waals surface area (Å²) in [5, 5.41) is 2.41. The Morgan fingerprint density at radius 1 is 1.07 bits per heavy atom. The van der Waals surface area contributed by atoms with Crippen LogP contribution in [0, 0.1) is 5.82 Å². The molecular weight excluding hydrogens is 365 g/mol. The summed E-state index contributed by atoms with van der Waals surface area (Å²) in [7, 11) is 1.20. The summed E-state index contributed by atoms with van der Waals surface area (Å²) in [5.41, 5.74) is 1.46. The van der Waals surface area contributed by atoms with Crippen molar-refractivity contribution in [2.24, 2.45) is 0 Å². The molecule has 1 atom stereocenters. The van der Waals surface area contributed by atoms with Gasteiger partial charge in [-0.1, -0.05) is 24.3 Å². The molecule has 0 saturated carbocycles. The number of ether oxygens (including phenoxy) is 2. The van der Waals surface area contributed by atoms with Crippen molar-refractivity contribution in [2.75, 3.05) is 7.11 Å². The van der Waals surface area contributed by atoms with E-state index in [1.54, 1.807) is 36.4 Å². The van der Waals surface area contributed by atoms with E-state index in [1.165, 1.54) is 26.2 Å². The van der Waals surface area contributed by atoms with Gasteiger partial charge in [0.25, 0.3) is 0 Å². The van der Waals surface area contributed by atoms with Crippen molar-refractivity contribution in [1.29, 1.82) is 0 Å². The van der Waals surface area contributed by atoms with Crippen LogP contribution in [-0.4, -0.2) is 30.8 Å². The largest absolute Gasteiger partial charge is 0.489 e. The quantitative estimate of drug-likeness (QED) is 0.669. The van der Waals surface area contributed by atoms with Gasteiger partial charge in [-0.05, 0) is 35.4 Å². The Kier molecular flexibility index (Phi) is 7.68. The number of hydrogen-bond acceptors (Lipinski definition) is 5. The molecule has 2 aromatic rings. The van der Waals surface area contributed by atoms with Gasteiger partial charge in [-0.2, -0.15) is 0 Å². The van der Waals surface area contributed by atoms with Gasteiger partial charge in [0.15, 0.2) is 0 Å². The van der Waals surface area contributed by atoms with Crippen molar-refractivity contribution < 1.29 is 28.2 Å². The SMILES string of the molecule is COC(=O)[C@H](CC(=O)Cc1ccc(OCc2cccc(F)c2)cc1)NC(C)=O. The molecule has 0 aliphatic carbocycles. The monoisotopic (exact) mass is 387 g/mol. The summed E-state index contributed by atoms with van der Waals surface area (Å²) in [6, 6.07) is 12.1. The second kappa shape index (κ2) is 10.2. The summed E-state index contributed by atoms with van der Waals surface area (Å²) in [5.74, 6) is -1.02. The number of ketones is 1. The zero-order valence-electron chi connectivity index (χ0n) is 15.7. The fourth-order valence-electron chi connectivity index (χ4n) is 2.61. The smallest absolute Gasteiger partial charge is 0.328 e. The molecule has 148 valence electrons. The highest BCUT2D eigenvalue weighted by Crippen LogP contribution is 2.16. The molecule has 0 heterocycles. The van der Waals surface area contributed by atoms with Crippen molar-refractivity contribution >= 4 is 17.7 Å². The zero-order valence-corrected chi connectivity index (χ0v) is 15.7. The molecule has 0 radical (unpaired) electrons. The summed E-state index contributed by atoms with van der Waals surface area (Å²) < 4.78 is 23.4. The van der Waals surface area contributed by atoms with E-state index in [9.17, 15) is 18.8 Å². The molecule has 28 heavy (non-hydrogen) atoms. The third-order valence-electron chi connectivity index (χ3n) is 3.91. The molecule has 2 aromatic carbocycles. The predicted octanol–water partition coefficient (Wildman–Crippen LogP) is 2.58. The minimum Gasteiger partial charge on any atom is -0.489 e. The van der Waals surface area contributed by atoms with Crippen LogP contribution in [0.15, 0.2) is 48.5 Å². The first-order valence-corrected chi connectivity index (χ1v) is 8.70. The molecule has 1 N–H and O–H groups in total. The molecule has 1 amide bonds. The third kappa shape index (κ3) is 6.83. The molecule has 0 aromatic heterocycles. The lowest BCUT2D eigenvalue weighted by atomic mass is 10.0. The van der Waals surface area contributed by atoms with Crippen LogP contribution in [0.3, 0.4) is 0 Å². The van der Waals surface area contributed by atoms with Gasteiger partial charge in [0.2, 0.25) is 5.91 Å². The summed E-state index contributed by atoms with van der Waals surface area (Å²) in [6.07, 6.45) is -0.0403. The van der Waals surface area contributed by atoms with E-state index >= 15 is 0 Å². The Morgan fingerprint density at radius 3 is 2.39 bits per heavy atom. The third-order valence-corrected chi connectivity index (χ3v) is 3.91. The van der Waals surface area contributed by atoms with Crippen molar-refractivity contribution in [3.8, 4) is 5.75 Å². The van der Waals surface area contributed by atoms with Gasteiger partial charge >= 0.3 is 5.97 Å². The Balaban J connectivity index is 1.89. The Labute approximate surface area is 162 Å². The van der Waals surface area contributed by atoms with E-state index in [1.807, 2.05) is 0 Å². The fraction of sp³-hybridized carbons (Fsp3) is 0.286. The second-order valence-electron chi connectivity index (χ2n) is 6.26. The van der Waals surface area contributed by atoms with E-state index in [2.05, 4.69) is 10.1 Å². The van der Waals surface area contributed by atoms with Crippen molar-refractivity contribution in [2.45, 2.75) is 32.4 Å². The molecule has 0 fully saturated rings. The molecular formula is C21H22FNO5. The van der Waals surface area contributed by atoms with E-state index in [4.69, 9.17) is 4.74 Å². The lowest BCUT2D eigenvalue weighted by molar-refractivity contribution is -0.146. The first-order valence-electron chi connectivity index (χ1n) is 8.70. The van der Waals surface area contributed by atoms with Crippen LogP contribution in [0.25, 0.3) is 0 Å². The van der Waals surface area contributed by atoms with Crippen LogP contribution in [0.2, 0.25) is 0 Å². The highest BCUT2D eigenvalue weighted by molar-refractivity contribution is 5.90.